The summed E-state index contributed by atoms with van der Waals surface area (Å²) in [6.07, 6.45) is 9.73. The maximum atomic E-state index is 9.35. The molecule has 0 aromatic carbocycles. The number of aliphatic hydroxyl groups is 1. The Kier molecular flexibility index (Phi) is 2.96. The predicted octanol–water partition coefficient (Wildman–Crippen LogP) is 1.81. The summed E-state index contributed by atoms with van der Waals surface area (Å²) in [5.41, 5.74) is 0. The lowest BCUT2D eigenvalue weighted by Gasteiger charge is -2.20. The van der Waals surface area contributed by atoms with Crippen LogP contribution in [0.1, 0.15) is 32.6 Å². The van der Waals surface area contributed by atoms with Crippen molar-refractivity contribution in [1.29, 1.82) is 0 Å². The molecule has 1 aliphatic carbocycles. The molecule has 0 aromatic heterocycles. The third-order valence-corrected chi connectivity index (χ3v) is 2.81. The van der Waals surface area contributed by atoms with Crippen molar-refractivity contribution in [1.82, 2.24) is 0 Å². The van der Waals surface area contributed by atoms with Crippen LogP contribution >= 0.6 is 0 Å². The van der Waals surface area contributed by atoms with Crippen LogP contribution in [0, 0.1) is 24.2 Å². The van der Waals surface area contributed by atoms with Crippen molar-refractivity contribution in [2.45, 2.75) is 38.7 Å². The molecule has 1 N–H and O–H groups in total. The van der Waals surface area contributed by atoms with Crippen molar-refractivity contribution in [3.63, 3.8) is 0 Å². The van der Waals surface area contributed by atoms with Gasteiger partial charge < -0.3 is 5.11 Å². The number of rotatable bonds is 2. The average Bonchev–Trinajstić information content (AvgIpc) is 2.53. The molecule has 62 valence electrons. The fourth-order valence-electron chi connectivity index (χ4n) is 1.89. The average molecular weight is 152 g/mol. The summed E-state index contributed by atoms with van der Waals surface area (Å²) in [5.74, 6) is 3.36. The largest absolute Gasteiger partial charge is 0.380 e. The number of aliphatic hydroxyl groups excluding tert-OH is 1. The minimum atomic E-state index is -0.530. The van der Waals surface area contributed by atoms with E-state index >= 15 is 0 Å². The van der Waals surface area contributed by atoms with Crippen LogP contribution in [0.25, 0.3) is 0 Å². The van der Waals surface area contributed by atoms with Crippen LogP contribution in [-0.2, 0) is 0 Å². The van der Waals surface area contributed by atoms with Crippen LogP contribution in [0.15, 0.2) is 0 Å². The van der Waals surface area contributed by atoms with Gasteiger partial charge >= 0.3 is 0 Å². The van der Waals surface area contributed by atoms with Gasteiger partial charge in [0.2, 0.25) is 0 Å². The molecule has 11 heavy (non-hydrogen) atoms. The van der Waals surface area contributed by atoms with E-state index in [1.54, 1.807) is 0 Å². The summed E-state index contributed by atoms with van der Waals surface area (Å²) in [5, 5.41) is 9.35. The van der Waals surface area contributed by atoms with E-state index in [0.29, 0.717) is 11.8 Å². The Morgan fingerprint density at radius 3 is 2.45 bits per heavy atom. The number of hydrogen-bond donors (Lipinski definition) is 1. The smallest absolute Gasteiger partial charge is 0.117 e. The van der Waals surface area contributed by atoms with Gasteiger partial charge in [-0.1, -0.05) is 38.5 Å². The molecule has 1 rings (SSSR count). The van der Waals surface area contributed by atoms with E-state index in [2.05, 4.69) is 12.8 Å². The van der Waals surface area contributed by atoms with Gasteiger partial charge in [-0.3, -0.25) is 0 Å². The van der Waals surface area contributed by atoms with Gasteiger partial charge in [0, 0.05) is 0 Å². The minimum Gasteiger partial charge on any atom is -0.380 e. The molecule has 0 aliphatic heterocycles. The molecule has 0 aromatic rings. The molecule has 1 fully saturated rings. The second-order valence-electron chi connectivity index (χ2n) is 3.52. The van der Waals surface area contributed by atoms with E-state index in [4.69, 9.17) is 6.42 Å². The first-order valence-electron chi connectivity index (χ1n) is 4.40. The Morgan fingerprint density at radius 2 is 2.00 bits per heavy atom. The van der Waals surface area contributed by atoms with Crippen molar-refractivity contribution in [3.8, 4) is 12.3 Å². The van der Waals surface area contributed by atoms with Gasteiger partial charge in [-0.15, -0.1) is 6.42 Å². The quantitative estimate of drug-likeness (QED) is 0.598. The normalized spacial score (nSPS) is 24.5. The maximum Gasteiger partial charge on any atom is 0.117 e. The number of terminal acetylenes is 1. The zero-order valence-electron chi connectivity index (χ0n) is 7.09. The summed E-state index contributed by atoms with van der Waals surface area (Å²) in [6.45, 7) is 2.06. The molecule has 1 saturated carbocycles. The lowest BCUT2D eigenvalue weighted by Crippen LogP contribution is -2.22. The molecule has 2 unspecified atom stereocenters. The van der Waals surface area contributed by atoms with Crippen LogP contribution < -0.4 is 0 Å². The van der Waals surface area contributed by atoms with Gasteiger partial charge in [-0.25, -0.2) is 0 Å². The monoisotopic (exact) mass is 152 g/mol. The van der Waals surface area contributed by atoms with E-state index in [1.807, 2.05) is 0 Å². The highest BCUT2D eigenvalue weighted by atomic mass is 16.3. The molecule has 1 heteroatoms. The zero-order valence-corrected chi connectivity index (χ0v) is 7.09. The zero-order chi connectivity index (χ0) is 8.27. The standard InChI is InChI=1S/C10H16O/c1-3-10(11)8(2)9-6-4-5-7-9/h1,8-11H,4-7H2,2H3. The van der Waals surface area contributed by atoms with E-state index in [0.717, 1.165) is 0 Å². The second-order valence-corrected chi connectivity index (χ2v) is 3.52. The van der Waals surface area contributed by atoms with E-state index in [1.165, 1.54) is 25.7 Å². The summed E-state index contributed by atoms with van der Waals surface area (Å²) in [6, 6.07) is 0. The molecule has 0 amide bonds. The highest BCUT2D eigenvalue weighted by molar-refractivity contribution is 4.97. The molecule has 0 radical (unpaired) electrons. The topological polar surface area (TPSA) is 20.2 Å². The first-order valence-corrected chi connectivity index (χ1v) is 4.40. The number of hydrogen-bond acceptors (Lipinski definition) is 1. The Balaban J connectivity index is 2.40. The molecular formula is C10H16O. The van der Waals surface area contributed by atoms with Crippen LogP contribution in [0.4, 0.5) is 0 Å². The summed E-state index contributed by atoms with van der Waals surface area (Å²) in [4.78, 5) is 0. The van der Waals surface area contributed by atoms with Crippen LogP contribution in [-0.4, -0.2) is 11.2 Å². The van der Waals surface area contributed by atoms with E-state index in [9.17, 15) is 5.11 Å². The molecule has 0 saturated heterocycles. The summed E-state index contributed by atoms with van der Waals surface area (Å²) >= 11 is 0. The third-order valence-electron chi connectivity index (χ3n) is 2.81. The Morgan fingerprint density at radius 1 is 1.45 bits per heavy atom. The second kappa shape index (κ2) is 3.78. The van der Waals surface area contributed by atoms with Crippen LogP contribution in [0.5, 0.6) is 0 Å². The first-order chi connectivity index (χ1) is 5.25. The maximum absolute atomic E-state index is 9.35. The SMILES string of the molecule is C#CC(O)C(C)C1CCCC1. The van der Waals surface area contributed by atoms with E-state index in [-0.39, 0.29) is 0 Å². The molecule has 1 nitrogen and oxygen atoms in total. The lowest BCUT2D eigenvalue weighted by atomic mass is 9.88. The Hall–Kier alpha value is -0.480. The first kappa shape index (κ1) is 8.62. The fourth-order valence-corrected chi connectivity index (χ4v) is 1.89. The van der Waals surface area contributed by atoms with Crippen molar-refractivity contribution in [2.75, 3.05) is 0 Å². The summed E-state index contributed by atoms with van der Waals surface area (Å²) in [7, 11) is 0. The molecular weight excluding hydrogens is 136 g/mol. The molecule has 0 spiro atoms. The highest BCUT2D eigenvalue weighted by Gasteiger charge is 2.25. The lowest BCUT2D eigenvalue weighted by molar-refractivity contribution is 0.132. The molecule has 2 atom stereocenters. The van der Waals surface area contributed by atoms with Gasteiger partial charge in [-0.05, 0) is 11.8 Å². The van der Waals surface area contributed by atoms with Crippen molar-refractivity contribution in [3.05, 3.63) is 0 Å². The molecule has 0 heterocycles. The minimum absolute atomic E-state index is 0.294. The predicted molar refractivity (Wildman–Crippen MR) is 46.0 cm³/mol. The van der Waals surface area contributed by atoms with Crippen molar-refractivity contribution >= 4 is 0 Å². The molecule has 0 bridgehead atoms. The van der Waals surface area contributed by atoms with Crippen LogP contribution in [0.2, 0.25) is 0 Å². The van der Waals surface area contributed by atoms with E-state index < -0.39 is 6.10 Å². The highest BCUT2D eigenvalue weighted by Crippen LogP contribution is 2.32. The Labute approximate surface area is 68.8 Å². The van der Waals surface area contributed by atoms with Gasteiger partial charge in [0.25, 0.3) is 0 Å². The Bertz CT molecular complexity index is 151. The molecule has 1 aliphatic rings. The van der Waals surface area contributed by atoms with Crippen molar-refractivity contribution < 1.29 is 5.11 Å². The van der Waals surface area contributed by atoms with Gasteiger partial charge in [0.1, 0.15) is 6.10 Å². The van der Waals surface area contributed by atoms with Gasteiger partial charge in [0.15, 0.2) is 0 Å². The van der Waals surface area contributed by atoms with Gasteiger partial charge in [0.05, 0.1) is 0 Å². The third kappa shape index (κ3) is 1.97. The van der Waals surface area contributed by atoms with Crippen molar-refractivity contribution in [2.24, 2.45) is 11.8 Å². The fraction of sp³-hybridized carbons (Fsp3) is 0.800. The van der Waals surface area contributed by atoms with Gasteiger partial charge in [-0.2, -0.15) is 0 Å². The summed E-state index contributed by atoms with van der Waals surface area (Å²) < 4.78 is 0. The van der Waals surface area contributed by atoms with Crippen LogP contribution in [0.3, 0.4) is 0 Å².